The zero-order chi connectivity index (χ0) is 17.8. The van der Waals surface area contributed by atoms with E-state index >= 15 is 4.39 Å². The zero-order valence-electron chi connectivity index (χ0n) is 13.6. The lowest BCUT2D eigenvalue weighted by Crippen LogP contribution is -2.31. The van der Waals surface area contributed by atoms with Crippen LogP contribution in [0.2, 0.25) is 0 Å². The van der Waals surface area contributed by atoms with Crippen LogP contribution in [0.5, 0.6) is 5.75 Å². The lowest BCUT2D eigenvalue weighted by atomic mass is 9.76. The molecule has 0 saturated carbocycles. The Labute approximate surface area is 145 Å². The highest BCUT2D eigenvalue weighted by atomic mass is 32.2. The average molecular weight is 369 g/mol. The summed E-state index contributed by atoms with van der Waals surface area (Å²) in [5, 5.41) is 13.5. The first-order valence-corrected chi connectivity index (χ1v) is 9.88. The quantitative estimate of drug-likeness (QED) is 0.702. The highest BCUT2D eigenvalue weighted by Crippen LogP contribution is 2.42. The molecule has 0 radical (unpaired) electrons. The molecule has 1 aromatic carbocycles. The van der Waals surface area contributed by atoms with Crippen molar-refractivity contribution in [2.75, 3.05) is 23.9 Å². The number of carbonyl (C=O) groups excluding carboxylic acids is 1. The minimum atomic E-state index is -4.17. The third-order valence-electron chi connectivity index (χ3n) is 5.50. The van der Waals surface area contributed by atoms with Crippen LogP contribution in [0.3, 0.4) is 0 Å². The minimum absolute atomic E-state index is 0.337. The summed E-state index contributed by atoms with van der Waals surface area (Å²) in [7, 11) is -4.17. The van der Waals surface area contributed by atoms with Crippen molar-refractivity contribution in [2.45, 2.75) is 25.7 Å². The van der Waals surface area contributed by atoms with Crippen molar-refractivity contribution in [3.63, 3.8) is 0 Å². The van der Waals surface area contributed by atoms with Crippen LogP contribution >= 0.6 is 0 Å². The molecule has 2 saturated heterocycles. The first-order chi connectivity index (χ1) is 11.9. The number of nitrogens with one attached hydrogen (secondary N) is 2. The van der Waals surface area contributed by atoms with Crippen LogP contribution in [0.4, 0.5) is 10.1 Å². The maximum Gasteiger partial charge on any atom is 0.326 e. The molecule has 3 aliphatic rings. The molecule has 0 aromatic heterocycles. The van der Waals surface area contributed by atoms with E-state index in [1.54, 1.807) is 4.72 Å². The number of nitrogens with zero attached hydrogens (tertiary/aromatic N) is 1. The van der Waals surface area contributed by atoms with Gasteiger partial charge >= 0.3 is 10.2 Å². The van der Waals surface area contributed by atoms with E-state index in [0.717, 1.165) is 31.5 Å². The second-order valence-electron chi connectivity index (χ2n) is 6.99. The summed E-state index contributed by atoms with van der Waals surface area (Å²) in [5.74, 6) is -1.10. The van der Waals surface area contributed by atoms with Gasteiger partial charge in [-0.15, -0.1) is 0 Å². The van der Waals surface area contributed by atoms with Gasteiger partial charge in [-0.3, -0.25) is 4.79 Å². The molecule has 4 rings (SSSR count). The number of halogens is 1. The van der Waals surface area contributed by atoms with Crippen molar-refractivity contribution in [1.29, 1.82) is 0 Å². The first kappa shape index (κ1) is 16.6. The number of aromatic hydroxyl groups is 1. The van der Waals surface area contributed by atoms with Crippen molar-refractivity contribution in [3.8, 4) is 5.75 Å². The molecule has 1 amide bonds. The molecule has 2 atom stereocenters. The summed E-state index contributed by atoms with van der Waals surface area (Å²) in [4.78, 5) is 11.4. The SMILES string of the molecule is O=C1CN(c2c(O)cc3c(c2F)CC(C2CCNC2)CC3)S(=O)(=O)N1. The lowest BCUT2D eigenvalue weighted by Gasteiger charge is -2.30. The number of hydrogen-bond donors (Lipinski definition) is 3. The molecule has 0 bridgehead atoms. The Balaban J connectivity index is 1.73. The number of carbonyl (C=O) groups is 1. The third kappa shape index (κ3) is 2.75. The molecule has 2 fully saturated rings. The molecular formula is C16H20FN3O4S. The van der Waals surface area contributed by atoms with E-state index in [-0.39, 0.29) is 0 Å². The standard InChI is InChI=1S/C16H20FN3O4S/c17-15-12-5-9(11-3-4-18-7-11)1-2-10(12)6-13(21)16(15)20-8-14(22)19-25(20,23)24/h6,9,11,18,21H,1-5,7-8H2,(H,19,22). The van der Waals surface area contributed by atoms with Crippen molar-refractivity contribution >= 4 is 21.8 Å². The van der Waals surface area contributed by atoms with Crippen LogP contribution in [0, 0.1) is 17.7 Å². The Kier molecular flexibility index (Phi) is 3.88. The fraction of sp³-hybridized carbons (Fsp3) is 0.562. The third-order valence-corrected chi connectivity index (χ3v) is 6.88. The van der Waals surface area contributed by atoms with Crippen LogP contribution < -0.4 is 14.3 Å². The summed E-state index contributed by atoms with van der Waals surface area (Å²) in [6.07, 6.45) is 3.17. The topological polar surface area (TPSA) is 98.7 Å². The largest absolute Gasteiger partial charge is 0.506 e. The van der Waals surface area contributed by atoms with E-state index in [1.807, 2.05) is 0 Å². The molecule has 2 unspecified atom stereocenters. The molecule has 1 aromatic rings. The van der Waals surface area contributed by atoms with E-state index in [0.29, 0.717) is 34.5 Å². The van der Waals surface area contributed by atoms with Crippen LogP contribution in [-0.2, 0) is 27.8 Å². The number of benzene rings is 1. The predicted molar refractivity (Wildman–Crippen MR) is 89.0 cm³/mol. The van der Waals surface area contributed by atoms with Crippen molar-refractivity contribution in [3.05, 3.63) is 23.0 Å². The molecule has 7 nitrogen and oxygen atoms in total. The van der Waals surface area contributed by atoms with Crippen LogP contribution in [-0.4, -0.2) is 39.1 Å². The molecule has 136 valence electrons. The summed E-state index contributed by atoms with van der Waals surface area (Å²) in [6, 6.07) is 1.44. The number of anilines is 1. The highest BCUT2D eigenvalue weighted by molar-refractivity contribution is 7.92. The van der Waals surface area contributed by atoms with Gasteiger partial charge in [-0.25, -0.2) is 13.4 Å². The fourth-order valence-corrected chi connectivity index (χ4v) is 5.39. The second kappa shape index (κ2) is 5.84. The van der Waals surface area contributed by atoms with Crippen molar-refractivity contribution in [2.24, 2.45) is 11.8 Å². The summed E-state index contributed by atoms with van der Waals surface area (Å²) < 4.78 is 41.6. The molecule has 9 heteroatoms. The van der Waals surface area contributed by atoms with Gasteiger partial charge in [0.05, 0.1) is 0 Å². The van der Waals surface area contributed by atoms with Crippen molar-refractivity contribution in [1.82, 2.24) is 10.0 Å². The number of rotatable bonds is 2. The van der Waals surface area contributed by atoms with Gasteiger partial charge in [0.15, 0.2) is 5.82 Å². The van der Waals surface area contributed by atoms with Crippen LogP contribution in [0.1, 0.15) is 24.0 Å². The van der Waals surface area contributed by atoms with Gasteiger partial charge in [-0.2, -0.15) is 8.42 Å². The Hall–Kier alpha value is -1.87. The maximum absolute atomic E-state index is 15.2. The number of hydrogen-bond acceptors (Lipinski definition) is 5. The number of phenols is 1. The van der Waals surface area contributed by atoms with E-state index < -0.39 is 39.9 Å². The van der Waals surface area contributed by atoms with E-state index in [2.05, 4.69) is 5.32 Å². The zero-order valence-corrected chi connectivity index (χ0v) is 14.4. The Morgan fingerprint density at radius 3 is 2.72 bits per heavy atom. The molecule has 1 aliphatic carbocycles. The number of amides is 1. The van der Waals surface area contributed by atoms with Crippen LogP contribution in [0.25, 0.3) is 0 Å². The molecule has 0 spiro atoms. The molecule has 3 N–H and O–H groups in total. The number of phenolic OH excluding ortho intramolecular Hbond substituents is 1. The Morgan fingerprint density at radius 2 is 2.08 bits per heavy atom. The van der Waals surface area contributed by atoms with Gasteiger partial charge in [-0.1, -0.05) is 0 Å². The van der Waals surface area contributed by atoms with Gasteiger partial charge in [-0.05, 0) is 67.8 Å². The summed E-state index contributed by atoms with van der Waals surface area (Å²) >= 11 is 0. The lowest BCUT2D eigenvalue weighted by molar-refractivity contribution is -0.117. The Morgan fingerprint density at radius 1 is 1.28 bits per heavy atom. The van der Waals surface area contributed by atoms with Gasteiger partial charge in [0.1, 0.15) is 18.0 Å². The first-order valence-electron chi connectivity index (χ1n) is 8.44. The Bertz CT molecular complexity index is 836. The van der Waals surface area contributed by atoms with Crippen LogP contribution in [0.15, 0.2) is 6.07 Å². The van der Waals surface area contributed by atoms with E-state index in [4.69, 9.17) is 0 Å². The molecular weight excluding hydrogens is 349 g/mol. The van der Waals surface area contributed by atoms with Gasteiger partial charge in [0.2, 0.25) is 0 Å². The van der Waals surface area contributed by atoms with Gasteiger partial charge < -0.3 is 10.4 Å². The molecule has 2 heterocycles. The highest BCUT2D eigenvalue weighted by Gasteiger charge is 2.39. The van der Waals surface area contributed by atoms with Gasteiger partial charge in [0.25, 0.3) is 5.91 Å². The molecule has 25 heavy (non-hydrogen) atoms. The fourth-order valence-electron chi connectivity index (χ4n) is 4.23. The second-order valence-corrected chi connectivity index (χ2v) is 8.58. The number of fused-ring (bicyclic) bond motifs is 1. The average Bonchev–Trinajstić information content (AvgIpc) is 3.15. The summed E-state index contributed by atoms with van der Waals surface area (Å²) in [6.45, 7) is 1.37. The number of aryl methyl sites for hydroxylation is 1. The van der Waals surface area contributed by atoms with Gasteiger partial charge in [0, 0.05) is 0 Å². The predicted octanol–water partition coefficient (Wildman–Crippen LogP) is 0.427. The van der Waals surface area contributed by atoms with Crippen molar-refractivity contribution < 1.29 is 22.7 Å². The van der Waals surface area contributed by atoms with E-state index in [1.165, 1.54) is 6.07 Å². The van der Waals surface area contributed by atoms with E-state index in [9.17, 15) is 18.3 Å². The smallest absolute Gasteiger partial charge is 0.326 e. The summed E-state index contributed by atoms with van der Waals surface area (Å²) in [5.41, 5.74) is 0.754. The molecule has 2 aliphatic heterocycles. The normalized spacial score (nSPS) is 28.0. The monoisotopic (exact) mass is 369 g/mol. The minimum Gasteiger partial charge on any atom is -0.506 e. The maximum atomic E-state index is 15.2.